The van der Waals surface area contributed by atoms with Crippen LogP contribution in [0, 0.1) is 5.92 Å². The van der Waals surface area contributed by atoms with Crippen molar-refractivity contribution in [1.29, 1.82) is 0 Å². The third-order valence-corrected chi connectivity index (χ3v) is 4.88. The number of hydrogen-bond acceptors (Lipinski definition) is 2. The first-order chi connectivity index (χ1) is 8.52. The van der Waals surface area contributed by atoms with Gasteiger partial charge in [0.2, 0.25) is 0 Å². The minimum absolute atomic E-state index is 0.454. The molecule has 106 valence electrons. The molecule has 1 aliphatic carbocycles. The zero-order valence-electron chi connectivity index (χ0n) is 12.8. The van der Waals surface area contributed by atoms with Crippen LogP contribution in [-0.2, 0) is 0 Å². The SMILES string of the molecule is CC(C)CC1CNC2(CCCCC2)CN1C(C)C. The first kappa shape index (κ1) is 14.3. The average Bonchev–Trinajstić information content (AvgIpc) is 2.32. The maximum Gasteiger partial charge on any atom is 0.0309 e. The zero-order valence-corrected chi connectivity index (χ0v) is 12.8. The van der Waals surface area contributed by atoms with Gasteiger partial charge in [-0.3, -0.25) is 4.90 Å². The van der Waals surface area contributed by atoms with Gasteiger partial charge < -0.3 is 5.32 Å². The normalized spacial score (nSPS) is 29.3. The molecule has 2 aliphatic rings. The third kappa shape index (κ3) is 3.27. The molecule has 2 rings (SSSR count). The van der Waals surface area contributed by atoms with Crippen LogP contribution in [0.25, 0.3) is 0 Å². The highest BCUT2D eigenvalue weighted by Gasteiger charge is 2.40. The van der Waals surface area contributed by atoms with E-state index in [4.69, 9.17) is 0 Å². The largest absolute Gasteiger partial charge is 0.308 e. The lowest BCUT2D eigenvalue weighted by Crippen LogP contribution is -2.66. The predicted molar refractivity (Wildman–Crippen MR) is 78.9 cm³/mol. The van der Waals surface area contributed by atoms with Gasteiger partial charge in [-0.15, -0.1) is 0 Å². The Morgan fingerprint density at radius 3 is 2.33 bits per heavy atom. The van der Waals surface area contributed by atoms with E-state index < -0.39 is 0 Å². The molecule has 1 heterocycles. The van der Waals surface area contributed by atoms with Crippen LogP contribution in [0.1, 0.15) is 66.2 Å². The number of nitrogens with zero attached hydrogens (tertiary/aromatic N) is 1. The van der Waals surface area contributed by atoms with Gasteiger partial charge in [0.05, 0.1) is 0 Å². The summed E-state index contributed by atoms with van der Waals surface area (Å²) in [5.41, 5.74) is 0.454. The molecule has 2 nitrogen and oxygen atoms in total. The molecule has 1 atom stereocenters. The van der Waals surface area contributed by atoms with Crippen molar-refractivity contribution in [3.8, 4) is 0 Å². The van der Waals surface area contributed by atoms with Crippen LogP contribution in [0.3, 0.4) is 0 Å². The average molecular weight is 252 g/mol. The van der Waals surface area contributed by atoms with Crippen LogP contribution in [0.15, 0.2) is 0 Å². The van der Waals surface area contributed by atoms with Crippen LogP contribution >= 0.6 is 0 Å². The Balaban J connectivity index is 2.02. The van der Waals surface area contributed by atoms with Gasteiger partial charge >= 0.3 is 0 Å². The van der Waals surface area contributed by atoms with Crippen molar-refractivity contribution in [2.45, 2.75) is 83.8 Å². The predicted octanol–water partition coefficient (Wildman–Crippen LogP) is 3.42. The molecule has 2 fully saturated rings. The van der Waals surface area contributed by atoms with Crippen LogP contribution in [-0.4, -0.2) is 35.6 Å². The van der Waals surface area contributed by atoms with E-state index >= 15 is 0 Å². The van der Waals surface area contributed by atoms with Gasteiger partial charge in [-0.1, -0.05) is 33.1 Å². The lowest BCUT2D eigenvalue weighted by Gasteiger charge is -2.51. The van der Waals surface area contributed by atoms with Crippen LogP contribution in [0.4, 0.5) is 0 Å². The highest BCUT2D eigenvalue weighted by molar-refractivity contribution is 5.00. The molecule has 1 N–H and O–H groups in total. The molecular weight excluding hydrogens is 220 g/mol. The molecule has 18 heavy (non-hydrogen) atoms. The van der Waals surface area contributed by atoms with E-state index in [9.17, 15) is 0 Å². The lowest BCUT2D eigenvalue weighted by atomic mass is 9.78. The summed E-state index contributed by atoms with van der Waals surface area (Å²) in [5, 5.41) is 3.93. The Morgan fingerprint density at radius 1 is 1.11 bits per heavy atom. The molecule has 0 aromatic rings. The second kappa shape index (κ2) is 5.92. The summed E-state index contributed by atoms with van der Waals surface area (Å²) >= 11 is 0. The van der Waals surface area contributed by atoms with E-state index in [1.807, 2.05) is 0 Å². The Kier molecular flexibility index (Phi) is 4.71. The van der Waals surface area contributed by atoms with Crippen molar-refractivity contribution in [2.24, 2.45) is 5.92 Å². The van der Waals surface area contributed by atoms with Crippen LogP contribution < -0.4 is 5.32 Å². The molecule has 1 spiro atoms. The van der Waals surface area contributed by atoms with Gasteiger partial charge in [0.1, 0.15) is 0 Å². The lowest BCUT2D eigenvalue weighted by molar-refractivity contribution is 0.0260. The zero-order chi connectivity index (χ0) is 13.2. The number of piperazine rings is 1. The van der Waals surface area contributed by atoms with Crippen LogP contribution in [0.5, 0.6) is 0 Å². The first-order valence-electron chi connectivity index (χ1n) is 8.03. The summed E-state index contributed by atoms with van der Waals surface area (Å²) in [6.45, 7) is 11.9. The molecule has 1 aliphatic heterocycles. The van der Waals surface area contributed by atoms with E-state index in [0.29, 0.717) is 11.6 Å². The fourth-order valence-electron chi connectivity index (χ4n) is 3.92. The molecule has 1 saturated heterocycles. The fourth-order valence-corrected chi connectivity index (χ4v) is 3.92. The van der Waals surface area contributed by atoms with Crippen molar-refractivity contribution in [2.75, 3.05) is 13.1 Å². The Morgan fingerprint density at radius 2 is 1.78 bits per heavy atom. The van der Waals surface area contributed by atoms with E-state index in [-0.39, 0.29) is 0 Å². The van der Waals surface area contributed by atoms with Crippen molar-refractivity contribution in [3.63, 3.8) is 0 Å². The fraction of sp³-hybridized carbons (Fsp3) is 1.00. The van der Waals surface area contributed by atoms with E-state index in [1.165, 1.54) is 51.6 Å². The minimum atomic E-state index is 0.454. The standard InChI is InChI=1S/C16H32N2/c1-13(2)10-15-11-17-16(8-6-5-7-9-16)12-18(15)14(3)4/h13-15,17H,5-12H2,1-4H3. The van der Waals surface area contributed by atoms with Crippen molar-refractivity contribution in [1.82, 2.24) is 10.2 Å². The molecule has 0 radical (unpaired) electrons. The number of hydrogen-bond donors (Lipinski definition) is 1. The maximum atomic E-state index is 3.93. The smallest absolute Gasteiger partial charge is 0.0309 e. The summed E-state index contributed by atoms with van der Waals surface area (Å²) in [4.78, 5) is 2.78. The van der Waals surface area contributed by atoms with Gasteiger partial charge in [-0.05, 0) is 39.0 Å². The summed E-state index contributed by atoms with van der Waals surface area (Å²) in [6.07, 6.45) is 8.42. The first-order valence-corrected chi connectivity index (χ1v) is 8.03. The van der Waals surface area contributed by atoms with E-state index in [0.717, 1.165) is 12.0 Å². The summed E-state index contributed by atoms with van der Waals surface area (Å²) < 4.78 is 0. The Labute approximate surface area is 114 Å². The monoisotopic (exact) mass is 252 g/mol. The molecule has 0 bridgehead atoms. The second-order valence-electron chi connectivity index (χ2n) is 7.27. The Bertz CT molecular complexity index is 254. The highest BCUT2D eigenvalue weighted by atomic mass is 15.3. The second-order valence-corrected chi connectivity index (χ2v) is 7.27. The molecular formula is C16H32N2. The summed E-state index contributed by atoms with van der Waals surface area (Å²) in [5.74, 6) is 0.804. The molecule has 0 amide bonds. The molecule has 1 unspecified atom stereocenters. The topological polar surface area (TPSA) is 15.3 Å². The minimum Gasteiger partial charge on any atom is -0.308 e. The van der Waals surface area contributed by atoms with Crippen molar-refractivity contribution >= 4 is 0 Å². The molecule has 0 aromatic carbocycles. The van der Waals surface area contributed by atoms with Crippen molar-refractivity contribution < 1.29 is 0 Å². The molecule has 1 saturated carbocycles. The molecule has 0 aromatic heterocycles. The van der Waals surface area contributed by atoms with Gasteiger partial charge in [-0.2, -0.15) is 0 Å². The summed E-state index contributed by atoms with van der Waals surface area (Å²) in [6, 6.07) is 1.44. The number of nitrogens with one attached hydrogen (secondary N) is 1. The van der Waals surface area contributed by atoms with E-state index in [1.54, 1.807) is 0 Å². The van der Waals surface area contributed by atoms with E-state index in [2.05, 4.69) is 37.9 Å². The van der Waals surface area contributed by atoms with Gasteiger partial charge in [0, 0.05) is 30.7 Å². The van der Waals surface area contributed by atoms with Gasteiger partial charge in [-0.25, -0.2) is 0 Å². The van der Waals surface area contributed by atoms with Crippen LogP contribution in [0.2, 0.25) is 0 Å². The maximum absolute atomic E-state index is 3.93. The molecule has 2 heteroatoms. The third-order valence-electron chi connectivity index (χ3n) is 4.88. The summed E-state index contributed by atoms with van der Waals surface area (Å²) in [7, 11) is 0. The number of rotatable bonds is 3. The van der Waals surface area contributed by atoms with Gasteiger partial charge in [0.25, 0.3) is 0 Å². The van der Waals surface area contributed by atoms with Gasteiger partial charge in [0.15, 0.2) is 0 Å². The quantitative estimate of drug-likeness (QED) is 0.828. The van der Waals surface area contributed by atoms with Crippen molar-refractivity contribution in [3.05, 3.63) is 0 Å². The Hall–Kier alpha value is -0.0800. The highest BCUT2D eigenvalue weighted by Crippen LogP contribution is 2.33.